The molecule has 0 aromatic rings. The van der Waals surface area contributed by atoms with E-state index in [1.165, 1.54) is 83.5 Å². The first kappa shape index (κ1) is 38.9. The number of nitrogens with one attached hydrogen (secondary N) is 1. The molecule has 0 aromatic heterocycles. The predicted molar refractivity (Wildman–Crippen MR) is 171 cm³/mol. The van der Waals surface area contributed by atoms with Crippen LogP contribution in [0.5, 0.6) is 0 Å². The van der Waals surface area contributed by atoms with Gasteiger partial charge in [-0.1, -0.05) is 116 Å². The molecule has 0 aliphatic heterocycles. The molecule has 6 nitrogen and oxygen atoms in total. The quantitative estimate of drug-likeness (QED) is 0.0504. The molecular weight excluding hydrogens is 514 g/mol. The topological polar surface area (TPSA) is 92.7 Å². The molecular formula is C35H63NO5. The van der Waals surface area contributed by atoms with Gasteiger partial charge in [-0.05, 0) is 63.9 Å². The molecule has 0 rings (SSSR count). The zero-order valence-electron chi connectivity index (χ0n) is 26.6. The molecule has 41 heavy (non-hydrogen) atoms. The number of ether oxygens (including phenoxy) is 1. The number of rotatable bonds is 30. The third kappa shape index (κ3) is 30.7. The first-order valence-electron chi connectivity index (χ1n) is 17.0. The van der Waals surface area contributed by atoms with Crippen LogP contribution in [0.1, 0.15) is 168 Å². The maximum atomic E-state index is 12.4. The molecule has 0 saturated heterocycles. The lowest BCUT2D eigenvalue weighted by Crippen LogP contribution is -2.28. The Morgan fingerprint density at radius 2 is 1.17 bits per heavy atom. The lowest BCUT2D eigenvalue weighted by molar-refractivity contribution is -0.147. The number of hydrogen-bond acceptors (Lipinski definition) is 4. The van der Waals surface area contributed by atoms with E-state index in [1.54, 1.807) is 0 Å². The van der Waals surface area contributed by atoms with E-state index in [2.05, 4.69) is 37.4 Å². The molecule has 0 bridgehead atoms. The smallest absolute Gasteiger partial charge is 0.322 e. The number of carboxylic acid groups (broad SMARTS) is 1. The van der Waals surface area contributed by atoms with Crippen molar-refractivity contribution in [3.05, 3.63) is 24.3 Å². The zero-order chi connectivity index (χ0) is 30.2. The van der Waals surface area contributed by atoms with Gasteiger partial charge in [-0.15, -0.1) is 0 Å². The Morgan fingerprint density at radius 3 is 1.76 bits per heavy atom. The van der Waals surface area contributed by atoms with Crippen molar-refractivity contribution in [3.8, 4) is 0 Å². The van der Waals surface area contributed by atoms with Crippen molar-refractivity contribution in [2.45, 2.75) is 174 Å². The largest absolute Gasteiger partial charge is 0.480 e. The van der Waals surface area contributed by atoms with E-state index >= 15 is 0 Å². The second kappa shape index (κ2) is 30.8. The molecule has 238 valence electrons. The maximum absolute atomic E-state index is 12.4. The summed E-state index contributed by atoms with van der Waals surface area (Å²) in [7, 11) is 0. The Bertz CT molecular complexity index is 688. The third-order valence-corrected chi connectivity index (χ3v) is 7.31. The number of hydrogen-bond donors (Lipinski definition) is 2. The van der Waals surface area contributed by atoms with Gasteiger partial charge in [0.15, 0.2) is 0 Å². The van der Waals surface area contributed by atoms with Gasteiger partial charge in [0.25, 0.3) is 0 Å². The fourth-order valence-corrected chi connectivity index (χ4v) is 4.78. The Morgan fingerprint density at radius 1 is 0.634 bits per heavy atom. The van der Waals surface area contributed by atoms with Gasteiger partial charge in [-0.3, -0.25) is 14.4 Å². The van der Waals surface area contributed by atoms with Gasteiger partial charge in [-0.2, -0.15) is 0 Å². The fourth-order valence-electron chi connectivity index (χ4n) is 4.78. The first-order chi connectivity index (χ1) is 20.0. The molecule has 1 unspecified atom stereocenters. The van der Waals surface area contributed by atoms with E-state index in [0.29, 0.717) is 12.8 Å². The number of aliphatic carboxylic acids is 1. The van der Waals surface area contributed by atoms with Gasteiger partial charge in [-0.25, -0.2) is 0 Å². The van der Waals surface area contributed by atoms with Gasteiger partial charge in [0.05, 0.1) is 0 Å². The van der Waals surface area contributed by atoms with Crippen LogP contribution in [0.25, 0.3) is 0 Å². The maximum Gasteiger partial charge on any atom is 0.322 e. The molecule has 0 spiro atoms. The number of carbonyl (C=O) groups is 3. The Balaban J connectivity index is 3.81. The summed E-state index contributed by atoms with van der Waals surface area (Å²) in [5, 5.41) is 11.0. The summed E-state index contributed by atoms with van der Waals surface area (Å²) in [5.41, 5.74) is 0. The van der Waals surface area contributed by atoms with Gasteiger partial charge in [0.1, 0.15) is 12.6 Å². The lowest BCUT2D eigenvalue weighted by atomic mass is 10.1. The molecule has 2 N–H and O–H groups in total. The van der Waals surface area contributed by atoms with Crippen LogP contribution in [0.4, 0.5) is 0 Å². The van der Waals surface area contributed by atoms with E-state index < -0.39 is 5.97 Å². The highest BCUT2D eigenvalue weighted by Gasteiger charge is 2.11. The summed E-state index contributed by atoms with van der Waals surface area (Å²) >= 11 is 0. The van der Waals surface area contributed by atoms with Crippen LogP contribution in [0.2, 0.25) is 0 Å². The van der Waals surface area contributed by atoms with E-state index in [4.69, 9.17) is 9.84 Å². The number of amides is 1. The van der Waals surface area contributed by atoms with E-state index in [9.17, 15) is 14.4 Å². The zero-order valence-corrected chi connectivity index (χ0v) is 26.6. The fraction of sp³-hybridized carbons (Fsp3) is 0.800. The van der Waals surface area contributed by atoms with Crippen LogP contribution < -0.4 is 5.32 Å². The van der Waals surface area contributed by atoms with Crippen LogP contribution in [0.3, 0.4) is 0 Å². The molecule has 0 aliphatic rings. The Labute approximate surface area is 252 Å². The predicted octanol–water partition coefficient (Wildman–Crippen LogP) is 9.61. The molecule has 0 fully saturated rings. The van der Waals surface area contributed by atoms with Crippen LogP contribution in [0, 0.1) is 0 Å². The Kier molecular flexibility index (Phi) is 29.3. The number of unbranched alkanes of at least 4 members (excludes halogenated alkanes) is 17. The van der Waals surface area contributed by atoms with Crippen molar-refractivity contribution >= 4 is 17.8 Å². The minimum absolute atomic E-state index is 0.0982. The summed E-state index contributed by atoms with van der Waals surface area (Å²) < 4.78 is 5.77. The van der Waals surface area contributed by atoms with Gasteiger partial charge in [0.2, 0.25) is 5.91 Å². The molecule has 1 amide bonds. The van der Waals surface area contributed by atoms with Crippen molar-refractivity contribution in [2.24, 2.45) is 0 Å². The number of esters is 1. The molecule has 0 heterocycles. The van der Waals surface area contributed by atoms with Crippen molar-refractivity contribution in [2.75, 3.05) is 6.54 Å². The number of allylic oxidation sites excluding steroid dienone is 3. The molecule has 0 radical (unpaired) electrons. The molecule has 1 atom stereocenters. The molecule has 0 aromatic carbocycles. The standard InChI is InChI=1S/C35H63NO5/c1-3-5-7-8-9-10-11-12-13-14-15-16-17-18-19-20-26-30-35(40)41-32(27-23-6-4-2)28-24-21-22-25-29-33(37)36-31-34(38)39/h12-13,23,27,32H,3-11,14-22,24-26,28-31H2,1-2H3,(H,36,37)(H,38,39)/b13-12-,27-23-. The highest BCUT2D eigenvalue weighted by Crippen LogP contribution is 2.15. The van der Waals surface area contributed by atoms with Crippen molar-refractivity contribution < 1.29 is 24.2 Å². The summed E-state index contributed by atoms with van der Waals surface area (Å²) in [6.07, 6.45) is 34.9. The molecule has 0 saturated carbocycles. The monoisotopic (exact) mass is 577 g/mol. The van der Waals surface area contributed by atoms with E-state index in [1.807, 2.05) is 6.08 Å². The number of carbonyl (C=O) groups excluding carboxylic acids is 2. The average Bonchev–Trinajstić information content (AvgIpc) is 2.95. The SMILES string of the molecule is CCC/C=C\C(CCCCCCC(=O)NCC(=O)O)OC(=O)CCCCCCCCC/C=C\CCCCCCCC. The lowest BCUT2D eigenvalue weighted by Gasteiger charge is -2.15. The van der Waals surface area contributed by atoms with Gasteiger partial charge in [0, 0.05) is 12.8 Å². The van der Waals surface area contributed by atoms with Crippen molar-refractivity contribution in [1.82, 2.24) is 5.32 Å². The minimum atomic E-state index is -1.03. The second-order valence-corrected chi connectivity index (χ2v) is 11.4. The summed E-state index contributed by atoms with van der Waals surface area (Å²) in [4.78, 5) is 34.5. The minimum Gasteiger partial charge on any atom is -0.480 e. The normalized spacial score (nSPS) is 12.2. The number of carboxylic acids is 1. The van der Waals surface area contributed by atoms with Crippen LogP contribution in [-0.2, 0) is 19.1 Å². The average molecular weight is 578 g/mol. The van der Waals surface area contributed by atoms with Crippen molar-refractivity contribution in [1.29, 1.82) is 0 Å². The van der Waals surface area contributed by atoms with E-state index in [0.717, 1.165) is 57.8 Å². The van der Waals surface area contributed by atoms with Crippen LogP contribution in [0.15, 0.2) is 24.3 Å². The van der Waals surface area contributed by atoms with Gasteiger partial charge >= 0.3 is 11.9 Å². The van der Waals surface area contributed by atoms with E-state index in [-0.39, 0.29) is 24.5 Å². The highest BCUT2D eigenvalue weighted by atomic mass is 16.5. The second-order valence-electron chi connectivity index (χ2n) is 11.4. The Hall–Kier alpha value is -2.11. The summed E-state index contributed by atoms with van der Waals surface area (Å²) in [6, 6.07) is 0. The van der Waals surface area contributed by atoms with Crippen LogP contribution in [-0.4, -0.2) is 35.6 Å². The van der Waals surface area contributed by atoms with Crippen LogP contribution >= 0.6 is 0 Å². The molecule has 0 aliphatic carbocycles. The third-order valence-electron chi connectivity index (χ3n) is 7.31. The first-order valence-corrected chi connectivity index (χ1v) is 17.0. The molecule has 6 heteroatoms. The van der Waals surface area contributed by atoms with Gasteiger partial charge < -0.3 is 15.2 Å². The van der Waals surface area contributed by atoms with Crippen molar-refractivity contribution in [3.63, 3.8) is 0 Å². The summed E-state index contributed by atoms with van der Waals surface area (Å²) in [5.74, 6) is -1.35. The summed E-state index contributed by atoms with van der Waals surface area (Å²) in [6.45, 7) is 4.07. The highest BCUT2D eigenvalue weighted by molar-refractivity contribution is 5.80.